The molecule has 4 aliphatic carbocycles. The minimum atomic E-state index is -0.228. The third-order valence-electron chi connectivity index (χ3n) is 7.74. The van der Waals surface area contributed by atoms with Gasteiger partial charge < -0.3 is 14.7 Å². The molecule has 1 heterocycles. The maximum atomic E-state index is 13.2. The predicted octanol–water partition coefficient (Wildman–Crippen LogP) is 3.55. The molecule has 0 radical (unpaired) electrons. The van der Waals surface area contributed by atoms with Crippen LogP contribution in [0.25, 0.3) is 0 Å². The van der Waals surface area contributed by atoms with Crippen molar-refractivity contribution in [2.45, 2.75) is 50.5 Å². The van der Waals surface area contributed by atoms with E-state index >= 15 is 0 Å². The van der Waals surface area contributed by atoms with E-state index < -0.39 is 0 Å². The maximum Gasteiger partial charge on any atom is 0.230 e. The molecule has 1 amide bonds. The lowest BCUT2D eigenvalue weighted by Crippen LogP contribution is -2.67. The molecule has 4 heteroatoms. The number of hydrogen-bond donors (Lipinski definition) is 1. The third-order valence-corrected chi connectivity index (χ3v) is 7.74. The Labute approximate surface area is 155 Å². The number of carbonyl (C=O) groups is 1. The number of rotatable bonds is 2. The Balaban J connectivity index is 1.37. The summed E-state index contributed by atoms with van der Waals surface area (Å²) in [5, 5.41) is 9.75. The van der Waals surface area contributed by atoms with Crippen molar-refractivity contribution >= 4 is 5.91 Å². The second-order valence-electron chi connectivity index (χ2n) is 9.18. The van der Waals surface area contributed by atoms with Gasteiger partial charge in [0.25, 0.3) is 0 Å². The maximum absolute atomic E-state index is 13.2. The molecular formula is C22H29NO3. The second-order valence-corrected chi connectivity index (χ2v) is 9.18. The molecule has 1 atom stereocenters. The average Bonchev–Trinajstić information content (AvgIpc) is 2.65. The Hall–Kier alpha value is -1.55. The summed E-state index contributed by atoms with van der Waals surface area (Å²) < 4.78 is 6.49. The van der Waals surface area contributed by atoms with Gasteiger partial charge >= 0.3 is 0 Å². The summed E-state index contributed by atoms with van der Waals surface area (Å²) in [6.07, 6.45) is 6.64. The van der Waals surface area contributed by atoms with E-state index in [0.717, 1.165) is 23.9 Å². The molecule has 0 aromatic heterocycles. The van der Waals surface area contributed by atoms with Crippen molar-refractivity contribution in [3.05, 3.63) is 29.8 Å². The minimum absolute atomic E-state index is 0.0835. The van der Waals surface area contributed by atoms with Gasteiger partial charge in [0.1, 0.15) is 5.75 Å². The Morgan fingerprint density at radius 3 is 2.54 bits per heavy atom. The number of hydrogen-bond acceptors (Lipinski definition) is 3. The summed E-state index contributed by atoms with van der Waals surface area (Å²) in [7, 11) is 0. The van der Waals surface area contributed by atoms with E-state index in [-0.39, 0.29) is 23.2 Å². The van der Waals surface area contributed by atoms with Crippen molar-refractivity contribution in [1.29, 1.82) is 0 Å². The topological polar surface area (TPSA) is 49.8 Å². The minimum Gasteiger partial charge on any atom is -0.508 e. The summed E-state index contributed by atoms with van der Waals surface area (Å²) in [6.45, 7) is 4.08. The first-order valence-corrected chi connectivity index (χ1v) is 10.3. The summed E-state index contributed by atoms with van der Waals surface area (Å²) in [4.78, 5) is 15.3. The lowest BCUT2D eigenvalue weighted by Gasteiger charge is -2.63. The number of phenols is 1. The van der Waals surface area contributed by atoms with Crippen molar-refractivity contribution in [3.63, 3.8) is 0 Å². The molecule has 1 spiro atoms. The predicted molar refractivity (Wildman–Crippen MR) is 98.8 cm³/mol. The van der Waals surface area contributed by atoms with Crippen LogP contribution < -0.4 is 0 Å². The van der Waals surface area contributed by atoms with Crippen LogP contribution in [-0.2, 0) is 9.53 Å². The van der Waals surface area contributed by atoms with Gasteiger partial charge in [-0.2, -0.15) is 0 Å². The van der Waals surface area contributed by atoms with Crippen LogP contribution in [-0.4, -0.2) is 41.2 Å². The molecule has 1 unspecified atom stereocenters. The molecule has 5 fully saturated rings. The largest absolute Gasteiger partial charge is 0.508 e. The van der Waals surface area contributed by atoms with Crippen LogP contribution in [0.2, 0.25) is 0 Å². The highest BCUT2D eigenvalue weighted by Crippen LogP contribution is 2.60. The van der Waals surface area contributed by atoms with Crippen LogP contribution >= 0.6 is 0 Å². The summed E-state index contributed by atoms with van der Waals surface area (Å²) in [6, 6.07) is 7.11. The summed E-state index contributed by atoms with van der Waals surface area (Å²) >= 11 is 0. The quantitative estimate of drug-likeness (QED) is 0.883. The fraction of sp³-hybridized carbons (Fsp3) is 0.682. The van der Waals surface area contributed by atoms with E-state index in [1.165, 1.54) is 32.1 Å². The molecule has 1 aromatic rings. The normalized spacial score (nSPS) is 39.3. The van der Waals surface area contributed by atoms with Gasteiger partial charge in [0.05, 0.1) is 24.7 Å². The van der Waals surface area contributed by atoms with Gasteiger partial charge in [-0.1, -0.05) is 12.1 Å². The fourth-order valence-electron chi connectivity index (χ4n) is 6.64. The number of benzene rings is 1. The highest BCUT2D eigenvalue weighted by Gasteiger charge is 2.59. The number of phenolic OH excluding ortho intramolecular Hbond substituents is 1. The zero-order chi connectivity index (χ0) is 17.9. The zero-order valence-electron chi connectivity index (χ0n) is 15.6. The number of ether oxygens (including phenoxy) is 1. The Bertz CT molecular complexity index is 687. The number of nitrogens with zero attached hydrogens (tertiary/aromatic N) is 1. The fourth-order valence-corrected chi connectivity index (χ4v) is 6.64. The molecule has 1 saturated heterocycles. The van der Waals surface area contributed by atoms with E-state index in [0.29, 0.717) is 25.0 Å². The van der Waals surface area contributed by atoms with Crippen molar-refractivity contribution in [3.8, 4) is 5.75 Å². The van der Waals surface area contributed by atoms with Crippen molar-refractivity contribution in [2.24, 2.45) is 23.7 Å². The van der Waals surface area contributed by atoms with Crippen LogP contribution in [0, 0.1) is 23.7 Å². The van der Waals surface area contributed by atoms with Gasteiger partial charge in [-0.15, -0.1) is 0 Å². The van der Waals surface area contributed by atoms with Gasteiger partial charge in [0.2, 0.25) is 5.91 Å². The van der Waals surface area contributed by atoms with E-state index in [1.807, 2.05) is 19.1 Å². The van der Waals surface area contributed by atoms with E-state index in [2.05, 4.69) is 4.90 Å². The molecule has 140 valence electrons. The van der Waals surface area contributed by atoms with Gasteiger partial charge in [-0.3, -0.25) is 4.79 Å². The molecular weight excluding hydrogens is 326 g/mol. The van der Waals surface area contributed by atoms with E-state index in [4.69, 9.17) is 4.74 Å². The third kappa shape index (κ3) is 2.49. The number of morpholine rings is 1. The summed E-state index contributed by atoms with van der Waals surface area (Å²) in [5.41, 5.74) is 0.806. The van der Waals surface area contributed by atoms with E-state index in [1.54, 1.807) is 12.1 Å². The van der Waals surface area contributed by atoms with Gasteiger partial charge in [0, 0.05) is 6.54 Å². The number of aromatic hydroxyl groups is 1. The molecule has 4 bridgehead atoms. The highest BCUT2D eigenvalue weighted by atomic mass is 16.5. The molecule has 4 nitrogen and oxygen atoms in total. The lowest BCUT2D eigenvalue weighted by atomic mass is 9.49. The van der Waals surface area contributed by atoms with Crippen LogP contribution in [0.15, 0.2) is 24.3 Å². The molecule has 4 saturated carbocycles. The standard InChI is InChI=1S/C22H29NO3/c1-14(17-3-2-4-20(24)12-17)21(25)23-5-6-26-22(13-23)18-8-15-7-16(10-18)11-19(22)9-15/h2-4,12,14-16,18-19,24H,5-11,13H2,1H3. The highest BCUT2D eigenvalue weighted by molar-refractivity contribution is 5.83. The van der Waals surface area contributed by atoms with Crippen LogP contribution in [0.5, 0.6) is 5.75 Å². The smallest absolute Gasteiger partial charge is 0.230 e. The molecule has 1 N–H and O–H groups in total. The van der Waals surface area contributed by atoms with Crippen molar-refractivity contribution < 1.29 is 14.6 Å². The molecule has 1 aromatic carbocycles. The summed E-state index contributed by atoms with van der Waals surface area (Å²) in [5.74, 6) is 3.27. The van der Waals surface area contributed by atoms with Gasteiger partial charge in [0.15, 0.2) is 0 Å². The van der Waals surface area contributed by atoms with Gasteiger partial charge in [-0.25, -0.2) is 0 Å². The first kappa shape index (κ1) is 16.6. The first-order chi connectivity index (χ1) is 12.5. The van der Waals surface area contributed by atoms with Crippen molar-refractivity contribution in [1.82, 2.24) is 4.90 Å². The van der Waals surface area contributed by atoms with Crippen LogP contribution in [0.4, 0.5) is 0 Å². The zero-order valence-corrected chi connectivity index (χ0v) is 15.6. The molecule has 6 rings (SSSR count). The molecule has 26 heavy (non-hydrogen) atoms. The number of amides is 1. The Kier molecular flexibility index (Phi) is 3.82. The van der Waals surface area contributed by atoms with Crippen LogP contribution in [0.1, 0.15) is 50.5 Å². The lowest BCUT2D eigenvalue weighted by molar-refractivity contribution is -0.232. The average molecular weight is 355 g/mol. The Morgan fingerprint density at radius 2 is 1.88 bits per heavy atom. The number of carbonyl (C=O) groups excluding carboxylic acids is 1. The van der Waals surface area contributed by atoms with Crippen LogP contribution in [0.3, 0.4) is 0 Å². The van der Waals surface area contributed by atoms with Gasteiger partial charge in [-0.05, 0) is 80.4 Å². The van der Waals surface area contributed by atoms with E-state index in [9.17, 15) is 9.90 Å². The SMILES string of the molecule is CC(C(=O)N1CCOC2(C1)C1CC3CC(C1)CC2C3)c1cccc(O)c1. The Morgan fingerprint density at radius 1 is 1.19 bits per heavy atom. The second kappa shape index (κ2) is 5.98. The van der Waals surface area contributed by atoms with Crippen molar-refractivity contribution in [2.75, 3.05) is 19.7 Å². The first-order valence-electron chi connectivity index (χ1n) is 10.3. The molecule has 1 aliphatic heterocycles. The monoisotopic (exact) mass is 355 g/mol. The molecule has 5 aliphatic rings.